The van der Waals surface area contributed by atoms with Crippen molar-refractivity contribution in [1.82, 2.24) is 15.1 Å². The van der Waals surface area contributed by atoms with Gasteiger partial charge in [0, 0.05) is 38.3 Å². The van der Waals surface area contributed by atoms with Gasteiger partial charge in [-0.3, -0.25) is 4.79 Å². The molecule has 2 saturated heterocycles. The summed E-state index contributed by atoms with van der Waals surface area (Å²) in [5.74, 6) is 0.0175. The van der Waals surface area contributed by atoms with Crippen LogP contribution in [-0.4, -0.2) is 78.4 Å². The van der Waals surface area contributed by atoms with Crippen molar-refractivity contribution in [3.63, 3.8) is 0 Å². The summed E-state index contributed by atoms with van der Waals surface area (Å²) < 4.78 is 11.0. The fourth-order valence-corrected chi connectivity index (χ4v) is 3.00. The van der Waals surface area contributed by atoms with Gasteiger partial charge in [-0.25, -0.2) is 4.79 Å². The monoisotopic (exact) mass is 341 g/mol. The van der Waals surface area contributed by atoms with Gasteiger partial charge in [-0.1, -0.05) is 6.92 Å². The van der Waals surface area contributed by atoms with E-state index in [0.29, 0.717) is 26.2 Å². The van der Waals surface area contributed by atoms with Gasteiger partial charge in [0.15, 0.2) is 0 Å². The molecule has 0 saturated carbocycles. The summed E-state index contributed by atoms with van der Waals surface area (Å²) in [6.45, 7) is 12.3. The summed E-state index contributed by atoms with van der Waals surface area (Å²) in [5, 5.41) is 3.43. The highest BCUT2D eigenvalue weighted by atomic mass is 16.6. The average molecular weight is 341 g/mol. The van der Waals surface area contributed by atoms with Gasteiger partial charge in [0.1, 0.15) is 12.2 Å². The number of nitrogens with zero attached hydrogens (tertiary/aromatic N) is 2. The van der Waals surface area contributed by atoms with E-state index in [1.807, 2.05) is 32.6 Å². The first-order valence-electron chi connectivity index (χ1n) is 8.82. The van der Waals surface area contributed by atoms with Gasteiger partial charge in [0.25, 0.3) is 0 Å². The first-order valence-corrected chi connectivity index (χ1v) is 8.82. The maximum atomic E-state index is 12.4. The van der Waals surface area contributed by atoms with Crippen molar-refractivity contribution >= 4 is 12.0 Å². The van der Waals surface area contributed by atoms with Crippen LogP contribution >= 0.6 is 0 Å². The molecule has 7 nitrogen and oxygen atoms in total. The molecule has 0 aromatic heterocycles. The number of piperazine rings is 1. The summed E-state index contributed by atoms with van der Waals surface area (Å²) in [5.41, 5.74) is -0.508. The second-order valence-electron chi connectivity index (χ2n) is 7.73. The second-order valence-corrected chi connectivity index (χ2v) is 7.73. The summed E-state index contributed by atoms with van der Waals surface area (Å²) in [6.07, 6.45) is 0.705. The van der Waals surface area contributed by atoms with Crippen LogP contribution in [0, 0.1) is 0 Å². The van der Waals surface area contributed by atoms with Gasteiger partial charge in [-0.05, 0) is 34.1 Å². The van der Waals surface area contributed by atoms with Crippen LogP contribution in [0.3, 0.4) is 0 Å². The summed E-state index contributed by atoms with van der Waals surface area (Å²) in [7, 11) is 0. The van der Waals surface area contributed by atoms with Crippen LogP contribution in [0.5, 0.6) is 0 Å². The van der Waals surface area contributed by atoms with E-state index in [2.05, 4.69) is 12.2 Å². The molecule has 3 atom stereocenters. The normalized spacial score (nSPS) is 28.9. The molecular formula is C17H31N3O4. The highest BCUT2D eigenvalue weighted by Crippen LogP contribution is 2.16. The predicted octanol–water partition coefficient (Wildman–Crippen LogP) is 1.22. The Morgan fingerprint density at radius 2 is 2.08 bits per heavy atom. The zero-order valence-electron chi connectivity index (χ0n) is 15.5. The third-order valence-corrected chi connectivity index (χ3v) is 4.39. The number of nitrogens with one attached hydrogen (secondary N) is 1. The maximum Gasteiger partial charge on any atom is 0.410 e. The largest absolute Gasteiger partial charge is 0.444 e. The number of ether oxygens (including phenoxy) is 2. The van der Waals surface area contributed by atoms with Crippen LogP contribution in [0.1, 0.15) is 41.0 Å². The molecule has 138 valence electrons. The molecular weight excluding hydrogens is 310 g/mol. The predicted molar refractivity (Wildman–Crippen MR) is 90.8 cm³/mol. The van der Waals surface area contributed by atoms with Gasteiger partial charge in [-0.15, -0.1) is 0 Å². The van der Waals surface area contributed by atoms with Crippen molar-refractivity contribution in [2.45, 2.75) is 64.8 Å². The lowest BCUT2D eigenvalue weighted by atomic mass is 10.1. The van der Waals surface area contributed by atoms with Crippen molar-refractivity contribution in [2.24, 2.45) is 0 Å². The van der Waals surface area contributed by atoms with Crippen LogP contribution in [0.2, 0.25) is 0 Å². The maximum absolute atomic E-state index is 12.4. The van der Waals surface area contributed by atoms with Crippen molar-refractivity contribution in [3.05, 3.63) is 0 Å². The molecule has 0 unspecified atom stereocenters. The molecule has 0 bridgehead atoms. The third kappa shape index (κ3) is 5.08. The minimum absolute atomic E-state index is 0.0175. The fraction of sp³-hybridized carbons (Fsp3) is 0.882. The van der Waals surface area contributed by atoms with Gasteiger partial charge in [0.2, 0.25) is 5.91 Å². The molecule has 0 aromatic carbocycles. The van der Waals surface area contributed by atoms with Crippen molar-refractivity contribution < 1.29 is 19.1 Å². The second kappa shape index (κ2) is 7.70. The Kier molecular flexibility index (Phi) is 6.09. The Balaban J connectivity index is 1.94. The van der Waals surface area contributed by atoms with Crippen LogP contribution in [-0.2, 0) is 14.3 Å². The first kappa shape index (κ1) is 19.0. The minimum atomic E-state index is -0.508. The Bertz CT molecular complexity index is 463. The highest BCUT2D eigenvalue weighted by Gasteiger charge is 2.34. The smallest absolute Gasteiger partial charge is 0.410 e. The standard InChI is InChI=1S/C17H31N3O4/c1-6-14-10-19(15(21)11-23-14)8-13-9-20(12(2)7-18-13)16(22)24-17(3,4)5/h12-14,18H,6-11H2,1-5H3/t12-,13+,14+/m1/s1. The molecule has 0 spiro atoms. The van der Waals surface area contributed by atoms with Gasteiger partial charge in [0.05, 0.1) is 6.10 Å². The lowest BCUT2D eigenvalue weighted by molar-refractivity contribution is -0.149. The molecule has 2 aliphatic heterocycles. The average Bonchev–Trinajstić information content (AvgIpc) is 2.49. The Morgan fingerprint density at radius 3 is 2.71 bits per heavy atom. The summed E-state index contributed by atoms with van der Waals surface area (Å²) >= 11 is 0. The van der Waals surface area contributed by atoms with E-state index in [4.69, 9.17) is 9.47 Å². The lowest BCUT2D eigenvalue weighted by Crippen LogP contribution is -2.62. The Labute approximate surface area is 144 Å². The number of morpholine rings is 1. The summed E-state index contributed by atoms with van der Waals surface area (Å²) in [6, 6.07) is 0.119. The lowest BCUT2D eigenvalue weighted by Gasteiger charge is -2.42. The molecule has 2 heterocycles. The molecule has 2 aliphatic rings. The molecule has 7 heteroatoms. The molecule has 0 aromatic rings. The van der Waals surface area contributed by atoms with Crippen LogP contribution in [0.4, 0.5) is 4.79 Å². The third-order valence-electron chi connectivity index (χ3n) is 4.39. The number of amides is 2. The van der Waals surface area contributed by atoms with Crippen LogP contribution in [0.25, 0.3) is 0 Å². The van der Waals surface area contributed by atoms with Crippen molar-refractivity contribution in [2.75, 3.05) is 32.8 Å². The SMILES string of the molecule is CC[C@H]1CN(C[C@H]2CN(C(=O)OC(C)(C)C)[C@H](C)CN2)C(=O)CO1. The molecule has 0 radical (unpaired) electrons. The number of hydrogen-bond donors (Lipinski definition) is 1. The van der Waals surface area contributed by atoms with Crippen molar-refractivity contribution in [1.29, 1.82) is 0 Å². The van der Waals surface area contributed by atoms with E-state index in [0.717, 1.165) is 6.42 Å². The summed E-state index contributed by atoms with van der Waals surface area (Å²) in [4.78, 5) is 28.1. The topological polar surface area (TPSA) is 71.1 Å². The van der Waals surface area contributed by atoms with Crippen molar-refractivity contribution in [3.8, 4) is 0 Å². The molecule has 1 N–H and O–H groups in total. The van der Waals surface area contributed by atoms with E-state index in [1.165, 1.54) is 0 Å². The van der Waals surface area contributed by atoms with E-state index in [1.54, 1.807) is 4.90 Å². The van der Waals surface area contributed by atoms with Crippen LogP contribution in [0.15, 0.2) is 0 Å². The van der Waals surface area contributed by atoms with E-state index < -0.39 is 5.60 Å². The number of rotatable bonds is 3. The molecule has 24 heavy (non-hydrogen) atoms. The van der Waals surface area contributed by atoms with E-state index in [9.17, 15) is 9.59 Å². The Morgan fingerprint density at radius 1 is 1.38 bits per heavy atom. The minimum Gasteiger partial charge on any atom is -0.444 e. The van der Waals surface area contributed by atoms with Gasteiger partial charge < -0.3 is 24.6 Å². The highest BCUT2D eigenvalue weighted by molar-refractivity contribution is 5.78. The molecule has 2 fully saturated rings. The molecule has 2 amide bonds. The quantitative estimate of drug-likeness (QED) is 0.836. The van der Waals surface area contributed by atoms with Gasteiger partial charge >= 0.3 is 6.09 Å². The van der Waals surface area contributed by atoms with Crippen LogP contribution < -0.4 is 5.32 Å². The molecule has 0 aliphatic carbocycles. The Hall–Kier alpha value is -1.34. The number of carbonyl (C=O) groups is 2. The first-order chi connectivity index (χ1) is 11.2. The number of hydrogen-bond acceptors (Lipinski definition) is 5. The van der Waals surface area contributed by atoms with E-state index in [-0.39, 0.29) is 36.8 Å². The molecule has 2 rings (SSSR count). The fourth-order valence-electron chi connectivity index (χ4n) is 3.00. The number of carbonyl (C=O) groups excluding carboxylic acids is 2. The van der Waals surface area contributed by atoms with Gasteiger partial charge in [-0.2, -0.15) is 0 Å². The zero-order valence-corrected chi connectivity index (χ0v) is 15.5. The zero-order chi connectivity index (χ0) is 17.9. The van der Waals surface area contributed by atoms with E-state index >= 15 is 0 Å².